The first-order valence-corrected chi connectivity index (χ1v) is 10.0. The third-order valence-corrected chi connectivity index (χ3v) is 5.60. The van der Waals surface area contributed by atoms with E-state index in [-0.39, 0.29) is 0 Å². The minimum Gasteiger partial charge on any atom is -0.457 e. The van der Waals surface area contributed by atoms with Gasteiger partial charge in [0, 0.05) is 24.7 Å². The van der Waals surface area contributed by atoms with Crippen LogP contribution >= 0.6 is 11.6 Å². The molecule has 1 heterocycles. The highest BCUT2D eigenvalue weighted by Gasteiger charge is 2.33. The third kappa shape index (κ3) is 4.56. The van der Waals surface area contributed by atoms with Crippen molar-refractivity contribution in [1.82, 2.24) is 4.90 Å². The fourth-order valence-corrected chi connectivity index (χ4v) is 3.85. The van der Waals surface area contributed by atoms with Gasteiger partial charge in [-0.15, -0.1) is 0 Å². The second kappa shape index (κ2) is 8.36. The quantitative estimate of drug-likeness (QED) is 0.611. The molecule has 144 valence electrons. The van der Waals surface area contributed by atoms with Gasteiger partial charge in [0.15, 0.2) is 0 Å². The van der Waals surface area contributed by atoms with Crippen molar-refractivity contribution in [3.63, 3.8) is 0 Å². The van der Waals surface area contributed by atoms with Gasteiger partial charge in [0.05, 0.1) is 5.60 Å². The van der Waals surface area contributed by atoms with Gasteiger partial charge in [0.2, 0.25) is 0 Å². The molecule has 0 aliphatic carbocycles. The molecule has 0 spiro atoms. The van der Waals surface area contributed by atoms with Crippen LogP contribution in [-0.2, 0) is 12.1 Å². The molecule has 0 radical (unpaired) electrons. The van der Waals surface area contributed by atoms with Crippen LogP contribution in [0.3, 0.4) is 0 Å². The molecule has 0 amide bonds. The van der Waals surface area contributed by atoms with Gasteiger partial charge in [-0.3, -0.25) is 4.90 Å². The maximum Gasteiger partial charge on any atom is 0.127 e. The minimum atomic E-state index is -0.765. The summed E-state index contributed by atoms with van der Waals surface area (Å²) >= 11 is 5.97. The van der Waals surface area contributed by atoms with Gasteiger partial charge >= 0.3 is 0 Å². The molecule has 1 saturated heterocycles. The summed E-state index contributed by atoms with van der Waals surface area (Å²) in [6.07, 6.45) is 1.43. The first-order valence-electron chi connectivity index (χ1n) is 9.63. The minimum absolute atomic E-state index is 0.697. The first-order chi connectivity index (χ1) is 13.6. The van der Waals surface area contributed by atoms with Crippen molar-refractivity contribution in [2.75, 3.05) is 13.1 Å². The fraction of sp³-hybridized carbons (Fsp3) is 0.250. The Labute approximate surface area is 171 Å². The molecule has 0 atom stereocenters. The van der Waals surface area contributed by atoms with Gasteiger partial charge in [-0.1, -0.05) is 54.1 Å². The number of likely N-dealkylation sites (tertiary alicyclic amines) is 1. The van der Waals surface area contributed by atoms with E-state index in [0.29, 0.717) is 5.02 Å². The van der Waals surface area contributed by atoms with Crippen molar-refractivity contribution < 1.29 is 9.84 Å². The molecule has 1 aliphatic heterocycles. The Morgan fingerprint density at radius 2 is 1.54 bits per heavy atom. The summed E-state index contributed by atoms with van der Waals surface area (Å²) in [4.78, 5) is 2.38. The lowest BCUT2D eigenvalue weighted by Crippen LogP contribution is -2.42. The van der Waals surface area contributed by atoms with Gasteiger partial charge < -0.3 is 9.84 Å². The zero-order chi connectivity index (χ0) is 19.4. The van der Waals surface area contributed by atoms with E-state index in [0.717, 1.165) is 49.5 Å². The van der Waals surface area contributed by atoms with Crippen molar-refractivity contribution in [2.45, 2.75) is 25.0 Å². The van der Waals surface area contributed by atoms with E-state index in [2.05, 4.69) is 17.0 Å². The van der Waals surface area contributed by atoms with E-state index < -0.39 is 5.60 Å². The highest BCUT2D eigenvalue weighted by molar-refractivity contribution is 6.30. The number of para-hydroxylation sites is 1. The SMILES string of the molecule is OC1(c2ccc(Cl)cc2)CCN(Cc2cccc(Oc3ccccc3)c2)CC1. The molecule has 0 bridgehead atoms. The van der Waals surface area contributed by atoms with E-state index in [1.54, 1.807) is 0 Å². The molecule has 4 rings (SSSR count). The summed E-state index contributed by atoms with van der Waals surface area (Å²) in [6.45, 7) is 2.55. The number of hydrogen-bond donors (Lipinski definition) is 1. The second-order valence-corrected chi connectivity index (χ2v) is 7.81. The molecular formula is C24H24ClNO2. The number of benzene rings is 3. The lowest BCUT2D eigenvalue weighted by atomic mass is 9.84. The van der Waals surface area contributed by atoms with Crippen molar-refractivity contribution in [2.24, 2.45) is 0 Å². The van der Waals surface area contributed by atoms with Gasteiger partial charge in [-0.25, -0.2) is 0 Å². The van der Waals surface area contributed by atoms with E-state index in [1.165, 1.54) is 5.56 Å². The fourth-order valence-electron chi connectivity index (χ4n) is 3.72. The lowest BCUT2D eigenvalue weighted by molar-refractivity contribution is -0.0277. The van der Waals surface area contributed by atoms with Crippen LogP contribution in [0.4, 0.5) is 0 Å². The predicted octanol–water partition coefficient (Wildman–Crippen LogP) is 5.62. The average molecular weight is 394 g/mol. The van der Waals surface area contributed by atoms with Crippen LogP contribution in [0.5, 0.6) is 11.5 Å². The summed E-state index contributed by atoms with van der Waals surface area (Å²) in [6, 6.07) is 25.6. The van der Waals surface area contributed by atoms with E-state index >= 15 is 0 Å². The molecule has 3 aromatic rings. The lowest BCUT2D eigenvalue weighted by Gasteiger charge is -2.38. The molecule has 0 unspecified atom stereocenters. The highest BCUT2D eigenvalue weighted by Crippen LogP contribution is 2.34. The maximum atomic E-state index is 11.0. The monoisotopic (exact) mass is 393 g/mol. The van der Waals surface area contributed by atoms with E-state index in [1.807, 2.05) is 66.7 Å². The van der Waals surface area contributed by atoms with Crippen LogP contribution in [-0.4, -0.2) is 23.1 Å². The van der Waals surface area contributed by atoms with Crippen LogP contribution in [0, 0.1) is 0 Å². The van der Waals surface area contributed by atoms with Gasteiger partial charge in [-0.2, -0.15) is 0 Å². The van der Waals surface area contributed by atoms with Gasteiger partial charge in [0.25, 0.3) is 0 Å². The summed E-state index contributed by atoms with van der Waals surface area (Å²) < 4.78 is 5.94. The van der Waals surface area contributed by atoms with Crippen LogP contribution in [0.25, 0.3) is 0 Å². The van der Waals surface area contributed by atoms with Crippen molar-refractivity contribution in [3.8, 4) is 11.5 Å². The average Bonchev–Trinajstić information content (AvgIpc) is 2.71. The number of nitrogens with zero attached hydrogens (tertiary/aromatic N) is 1. The number of aliphatic hydroxyl groups is 1. The van der Waals surface area contributed by atoms with Gasteiger partial charge in [0.1, 0.15) is 11.5 Å². The Bertz CT molecular complexity index is 903. The Hall–Kier alpha value is -2.33. The number of rotatable bonds is 5. The van der Waals surface area contributed by atoms with Crippen LogP contribution in [0.1, 0.15) is 24.0 Å². The van der Waals surface area contributed by atoms with Crippen molar-refractivity contribution >= 4 is 11.6 Å². The Kier molecular flexibility index (Phi) is 5.67. The van der Waals surface area contributed by atoms with Crippen molar-refractivity contribution in [1.29, 1.82) is 0 Å². The van der Waals surface area contributed by atoms with Crippen LogP contribution < -0.4 is 4.74 Å². The number of halogens is 1. The topological polar surface area (TPSA) is 32.7 Å². The maximum absolute atomic E-state index is 11.0. The largest absolute Gasteiger partial charge is 0.457 e. The molecule has 28 heavy (non-hydrogen) atoms. The zero-order valence-electron chi connectivity index (χ0n) is 15.7. The molecule has 3 nitrogen and oxygen atoms in total. The standard InChI is InChI=1S/C24H24ClNO2/c25-21-11-9-20(10-12-21)24(27)13-15-26(16-14-24)18-19-5-4-8-23(17-19)28-22-6-2-1-3-7-22/h1-12,17,27H,13-16,18H2. The molecule has 3 aromatic carbocycles. The highest BCUT2D eigenvalue weighted by atomic mass is 35.5. The molecule has 4 heteroatoms. The van der Waals surface area contributed by atoms with Gasteiger partial charge in [-0.05, 0) is 60.4 Å². The smallest absolute Gasteiger partial charge is 0.127 e. The molecule has 1 fully saturated rings. The Morgan fingerprint density at radius 1 is 0.857 bits per heavy atom. The van der Waals surface area contributed by atoms with Crippen LogP contribution in [0.2, 0.25) is 5.02 Å². The zero-order valence-corrected chi connectivity index (χ0v) is 16.5. The molecule has 0 saturated carbocycles. The molecule has 1 N–H and O–H groups in total. The second-order valence-electron chi connectivity index (χ2n) is 7.38. The number of hydrogen-bond acceptors (Lipinski definition) is 3. The van der Waals surface area contributed by atoms with Crippen molar-refractivity contribution in [3.05, 3.63) is 95.0 Å². The Balaban J connectivity index is 1.37. The Morgan fingerprint density at radius 3 is 2.25 bits per heavy atom. The van der Waals surface area contributed by atoms with E-state index in [4.69, 9.17) is 16.3 Å². The summed E-state index contributed by atoms with van der Waals surface area (Å²) in [5.41, 5.74) is 1.40. The first kappa shape index (κ1) is 19.0. The number of piperidine rings is 1. The predicted molar refractivity (Wildman–Crippen MR) is 113 cm³/mol. The summed E-state index contributed by atoms with van der Waals surface area (Å²) in [7, 11) is 0. The normalized spacial score (nSPS) is 16.6. The number of ether oxygens (including phenoxy) is 1. The third-order valence-electron chi connectivity index (χ3n) is 5.35. The molecule has 1 aliphatic rings. The summed E-state index contributed by atoms with van der Waals surface area (Å²) in [5.74, 6) is 1.68. The molecular weight excluding hydrogens is 370 g/mol. The summed E-state index contributed by atoms with van der Waals surface area (Å²) in [5, 5.41) is 11.7. The van der Waals surface area contributed by atoms with E-state index in [9.17, 15) is 5.11 Å². The van der Waals surface area contributed by atoms with Crippen LogP contribution in [0.15, 0.2) is 78.9 Å². The molecule has 0 aromatic heterocycles.